The summed E-state index contributed by atoms with van der Waals surface area (Å²) in [5, 5.41) is 8.96. The highest BCUT2D eigenvalue weighted by atomic mass is 32.2. The van der Waals surface area contributed by atoms with Crippen LogP contribution in [0.1, 0.15) is 25.7 Å². The smallest absolute Gasteiger partial charge is 0.239 e. The number of aliphatic hydroxyl groups excluding tert-OH is 1. The zero-order valence-corrected chi connectivity index (χ0v) is 11.5. The van der Waals surface area contributed by atoms with E-state index < -0.39 is 15.9 Å². The standard InChI is InChI=1S/C11H22N2O4S/c1-18(16,17)8-5-10(12)11(15)13(6-7-14)9-3-2-4-9/h9-10,14H,2-8,12H2,1H3. The fourth-order valence-electron chi connectivity index (χ4n) is 1.96. The van der Waals surface area contributed by atoms with Gasteiger partial charge in [-0.3, -0.25) is 4.79 Å². The van der Waals surface area contributed by atoms with Gasteiger partial charge in [-0.05, 0) is 25.7 Å². The van der Waals surface area contributed by atoms with Crippen LogP contribution in [-0.2, 0) is 14.6 Å². The lowest BCUT2D eigenvalue weighted by atomic mass is 9.91. The minimum atomic E-state index is -3.10. The molecule has 0 bridgehead atoms. The number of rotatable bonds is 7. The molecule has 3 N–H and O–H groups in total. The molecule has 6 nitrogen and oxygen atoms in total. The Kier molecular flexibility index (Phi) is 5.55. The number of nitrogens with zero attached hydrogens (tertiary/aromatic N) is 1. The van der Waals surface area contributed by atoms with Crippen molar-refractivity contribution in [1.29, 1.82) is 0 Å². The fourth-order valence-corrected chi connectivity index (χ4v) is 2.64. The Morgan fingerprint density at radius 3 is 2.50 bits per heavy atom. The summed E-state index contributed by atoms with van der Waals surface area (Å²) >= 11 is 0. The largest absolute Gasteiger partial charge is 0.395 e. The molecule has 1 unspecified atom stereocenters. The Morgan fingerprint density at radius 1 is 1.50 bits per heavy atom. The molecule has 1 aliphatic rings. The van der Waals surface area contributed by atoms with Gasteiger partial charge in [0, 0.05) is 18.8 Å². The lowest BCUT2D eigenvalue weighted by molar-refractivity contribution is -0.137. The molecular weight excluding hydrogens is 256 g/mol. The molecule has 0 aromatic rings. The van der Waals surface area contributed by atoms with Crippen LogP contribution >= 0.6 is 0 Å². The second kappa shape index (κ2) is 6.49. The van der Waals surface area contributed by atoms with Crippen LogP contribution in [0.15, 0.2) is 0 Å². The molecule has 1 aliphatic carbocycles. The number of carbonyl (C=O) groups is 1. The van der Waals surface area contributed by atoms with Crippen LogP contribution in [0.4, 0.5) is 0 Å². The summed E-state index contributed by atoms with van der Waals surface area (Å²) in [6, 6.07) is -0.638. The first-order valence-corrected chi connectivity index (χ1v) is 8.26. The molecule has 0 heterocycles. The number of aliphatic hydroxyl groups is 1. The Bertz CT molecular complexity index is 379. The molecule has 0 radical (unpaired) electrons. The summed E-state index contributed by atoms with van der Waals surface area (Å²) in [7, 11) is -3.10. The molecule has 1 rings (SSSR count). The van der Waals surface area contributed by atoms with Crippen molar-refractivity contribution in [3.05, 3.63) is 0 Å². The molecule has 1 fully saturated rings. The summed E-state index contributed by atoms with van der Waals surface area (Å²) in [6.45, 7) is 0.178. The third-order valence-electron chi connectivity index (χ3n) is 3.26. The first kappa shape index (κ1) is 15.4. The summed E-state index contributed by atoms with van der Waals surface area (Å²) < 4.78 is 22.1. The van der Waals surface area contributed by atoms with Crippen molar-refractivity contribution < 1.29 is 18.3 Å². The van der Waals surface area contributed by atoms with E-state index in [-0.39, 0.29) is 37.3 Å². The first-order chi connectivity index (χ1) is 8.35. The third kappa shape index (κ3) is 4.55. The highest BCUT2D eigenvalue weighted by Gasteiger charge is 2.31. The average Bonchev–Trinajstić information content (AvgIpc) is 2.20. The second-order valence-corrected chi connectivity index (χ2v) is 7.12. The van der Waals surface area contributed by atoms with Gasteiger partial charge in [0.25, 0.3) is 0 Å². The van der Waals surface area contributed by atoms with Gasteiger partial charge in [0.1, 0.15) is 9.84 Å². The zero-order chi connectivity index (χ0) is 13.8. The van der Waals surface area contributed by atoms with Gasteiger partial charge >= 0.3 is 0 Å². The fraction of sp³-hybridized carbons (Fsp3) is 0.909. The SMILES string of the molecule is CS(=O)(=O)CCC(N)C(=O)N(CCO)C1CCC1. The van der Waals surface area contributed by atoms with Crippen LogP contribution in [0.5, 0.6) is 0 Å². The van der Waals surface area contributed by atoms with E-state index in [4.69, 9.17) is 10.8 Å². The maximum Gasteiger partial charge on any atom is 0.239 e. The van der Waals surface area contributed by atoms with Gasteiger partial charge in [-0.25, -0.2) is 8.42 Å². The van der Waals surface area contributed by atoms with Crippen LogP contribution in [-0.4, -0.2) is 61.6 Å². The van der Waals surface area contributed by atoms with Crippen molar-refractivity contribution in [2.45, 2.75) is 37.8 Å². The highest BCUT2D eigenvalue weighted by molar-refractivity contribution is 7.90. The Labute approximate surface area is 108 Å². The van der Waals surface area contributed by atoms with Crippen LogP contribution in [0.25, 0.3) is 0 Å². The summed E-state index contributed by atoms with van der Waals surface area (Å²) in [4.78, 5) is 13.7. The first-order valence-electron chi connectivity index (χ1n) is 6.20. The van der Waals surface area contributed by atoms with Gasteiger partial charge in [-0.1, -0.05) is 0 Å². The molecule has 1 atom stereocenters. The van der Waals surface area contributed by atoms with E-state index in [1.807, 2.05) is 0 Å². The number of nitrogens with two attached hydrogens (primary N) is 1. The quantitative estimate of drug-likeness (QED) is 0.630. The minimum absolute atomic E-state index is 0.0858. The van der Waals surface area contributed by atoms with E-state index in [2.05, 4.69) is 0 Å². The summed E-state index contributed by atoms with van der Waals surface area (Å²) in [5.41, 5.74) is 5.73. The maximum absolute atomic E-state index is 12.1. The topological polar surface area (TPSA) is 101 Å². The summed E-state index contributed by atoms with van der Waals surface area (Å²) in [6.07, 6.45) is 4.21. The zero-order valence-electron chi connectivity index (χ0n) is 10.7. The van der Waals surface area contributed by atoms with Crippen LogP contribution < -0.4 is 5.73 Å². The van der Waals surface area contributed by atoms with Gasteiger partial charge in [0.15, 0.2) is 0 Å². The maximum atomic E-state index is 12.1. The molecule has 7 heteroatoms. The minimum Gasteiger partial charge on any atom is -0.395 e. The van der Waals surface area contributed by atoms with Crippen molar-refractivity contribution in [1.82, 2.24) is 4.90 Å². The monoisotopic (exact) mass is 278 g/mol. The summed E-state index contributed by atoms with van der Waals surface area (Å²) in [5.74, 6) is -0.338. The van der Waals surface area contributed by atoms with Crippen LogP contribution in [0.3, 0.4) is 0 Å². The van der Waals surface area contributed by atoms with Crippen molar-refractivity contribution in [3.63, 3.8) is 0 Å². The lowest BCUT2D eigenvalue weighted by Crippen LogP contribution is -2.52. The van der Waals surface area contributed by atoms with Gasteiger partial charge in [-0.15, -0.1) is 0 Å². The third-order valence-corrected chi connectivity index (χ3v) is 4.23. The second-order valence-electron chi connectivity index (χ2n) is 4.87. The predicted octanol–water partition coefficient (Wildman–Crippen LogP) is -0.878. The molecule has 0 saturated heterocycles. The van der Waals surface area contributed by atoms with E-state index in [1.54, 1.807) is 4.90 Å². The van der Waals surface area contributed by atoms with Crippen molar-refractivity contribution >= 4 is 15.7 Å². The van der Waals surface area contributed by atoms with Crippen LogP contribution in [0.2, 0.25) is 0 Å². The van der Waals surface area contributed by atoms with Crippen molar-refractivity contribution in [2.75, 3.05) is 25.2 Å². The van der Waals surface area contributed by atoms with E-state index in [1.165, 1.54) is 0 Å². The lowest BCUT2D eigenvalue weighted by Gasteiger charge is -2.38. The normalized spacial score (nSPS) is 18.2. The molecule has 1 saturated carbocycles. The van der Waals surface area contributed by atoms with Crippen LogP contribution in [0, 0.1) is 0 Å². The number of sulfone groups is 1. The van der Waals surface area contributed by atoms with Gasteiger partial charge in [0.2, 0.25) is 5.91 Å². The molecule has 106 valence electrons. The van der Waals surface area contributed by atoms with Gasteiger partial charge in [-0.2, -0.15) is 0 Å². The van der Waals surface area contributed by atoms with E-state index >= 15 is 0 Å². The van der Waals surface area contributed by atoms with E-state index in [0.717, 1.165) is 25.5 Å². The molecule has 0 spiro atoms. The predicted molar refractivity (Wildman–Crippen MR) is 68.7 cm³/mol. The number of carbonyl (C=O) groups excluding carboxylic acids is 1. The number of hydrogen-bond acceptors (Lipinski definition) is 5. The average molecular weight is 278 g/mol. The molecule has 0 aliphatic heterocycles. The van der Waals surface area contributed by atoms with Gasteiger partial charge in [0.05, 0.1) is 18.4 Å². The molecule has 0 aromatic carbocycles. The van der Waals surface area contributed by atoms with Gasteiger partial charge < -0.3 is 15.7 Å². The number of hydrogen-bond donors (Lipinski definition) is 2. The molecule has 18 heavy (non-hydrogen) atoms. The Hall–Kier alpha value is -0.660. The molecular formula is C11H22N2O4S. The molecule has 0 aromatic heterocycles. The van der Waals surface area contributed by atoms with Crippen molar-refractivity contribution in [2.24, 2.45) is 5.73 Å². The van der Waals surface area contributed by atoms with E-state index in [0.29, 0.717) is 0 Å². The molecule has 1 amide bonds. The van der Waals surface area contributed by atoms with E-state index in [9.17, 15) is 13.2 Å². The highest BCUT2D eigenvalue weighted by Crippen LogP contribution is 2.25. The Balaban J connectivity index is 2.53. The van der Waals surface area contributed by atoms with Crippen molar-refractivity contribution in [3.8, 4) is 0 Å². The number of amides is 1. The Morgan fingerprint density at radius 2 is 2.11 bits per heavy atom.